The molecule has 0 heterocycles. The number of carbonyl (C=O) groups is 3. The third-order valence-corrected chi connectivity index (χ3v) is 11.4. The Morgan fingerprint density at radius 1 is 1.07 bits per heavy atom. The molecule has 2 saturated carbocycles. The van der Waals surface area contributed by atoms with Crippen LogP contribution in [0.4, 0.5) is 0 Å². The van der Waals surface area contributed by atoms with Gasteiger partial charge in [-0.2, -0.15) is 0 Å². The first-order chi connectivity index (χ1) is 19.4. The van der Waals surface area contributed by atoms with E-state index in [4.69, 9.17) is 5.73 Å². The van der Waals surface area contributed by atoms with Crippen LogP contribution in [0.25, 0.3) is 11.1 Å². The zero-order valence-electron chi connectivity index (χ0n) is 24.8. The molecule has 42 heavy (non-hydrogen) atoms. The summed E-state index contributed by atoms with van der Waals surface area (Å²) in [7, 11) is 0. The largest absolute Gasteiger partial charge is 0.506 e. The Kier molecular flexibility index (Phi) is 7.48. The van der Waals surface area contributed by atoms with Gasteiger partial charge < -0.3 is 26.2 Å². The fraction of sp³-hybridized carbons (Fsp3) is 0.545. The van der Waals surface area contributed by atoms with Gasteiger partial charge in [0, 0.05) is 5.41 Å². The minimum atomic E-state index is -2.52. The third kappa shape index (κ3) is 4.06. The molecule has 226 valence electrons. The van der Waals surface area contributed by atoms with Gasteiger partial charge in [0.1, 0.15) is 17.8 Å². The van der Waals surface area contributed by atoms with Crippen LogP contribution in [0.2, 0.25) is 0 Å². The van der Waals surface area contributed by atoms with Crippen molar-refractivity contribution < 1.29 is 34.8 Å². The molecule has 9 heteroatoms. The van der Waals surface area contributed by atoms with Crippen molar-refractivity contribution in [3.05, 3.63) is 50.6 Å². The molecular formula is C33H40INO7. The third-order valence-electron chi connectivity index (χ3n) is 10.6. The molecule has 0 radical (unpaired) electrons. The lowest BCUT2D eigenvalue weighted by molar-refractivity contribution is -0.265. The molecule has 3 aliphatic carbocycles. The molecule has 8 atom stereocenters. The maximum Gasteiger partial charge on any atom is 0.230 e. The van der Waals surface area contributed by atoms with Gasteiger partial charge in [-0.3, -0.25) is 14.4 Å². The lowest BCUT2D eigenvalue weighted by Gasteiger charge is -2.66. The normalized spacial score (nSPS) is 36.0. The number of hydrogen-bond acceptors (Lipinski definition) is 7. The van der Waals surface area contributed by atoms with Crippen molar-refractivity contribution in [2.45, 2.75) is 78.1 Å². The van der Waals surface area contributed by atoms with E-state index < -0.39 is 63.9 Å². The molecule has 1 amide bonds. The first-order valence-corrected chi connectivity index (χ1v) is 15.6. The van der Waals surface area contributed by atoms with Crippen LogP contribution in [-0.2, 0) is 16.0 Å². The summed E-state index contributed by atoms with van der Waals surface area (Å²) in [6.45, 7) is 11.4. The molecule has 6 N–H and O–H groups in total. The highest BCUT2D eigenvalue weighted by molar-refractivity contribution is 14.1. The first-order valence-electron chi connectivity index (χ1n) is 14.5. The van der Waals surface area contributed by atoms with Crippen LogP contribution < -0.4 is 5.73 Å². The van der Waals surface area contributed by atoms with Crippen molar-refractivity contribution in [2.75, 3.05) is 0 Å². The number of rotatable bonds is 4. The Bertz CT molecular complexity index is 1490. The SMILES string of the molecule is CC(C)c1ccc(-c2cc(I)c(O)c3c2C[C@]2(C)C[C@]4(C)[C@@H](C(C)C)C(O)[C@@H](C(N)=O)C(=O)[C@]4(O)C(O)[C@H]2C3=O)cc1. The van der Waals surface area contributed by atoms with E-state index in [2.05, 4.69) is 13.8 Å². The van der Waals surface area contributed by atoms with Crippen LogP contribution in [-0.4, -0.2) is 55.7 Å². The quantitative estimate of drug-likeness (QED) is 0.240. The zero-order chi connectivity index (χ0) is 31.3. The van der Waals surface area contributed by atoms with E-state index in [-0.39, 0.29) is 30.1 Å². The van der Waals surface area contributed by atoms with Gasteiger partial charge in [-0.15, -0.1) is 0 Å². The number of benzene rings is 2. The summed E-state index contributed by atoms with van der Waals surface area (Å²) in [6.07, 6.45) is -2.96. The number of carbonyl (C=O) groups excluding carboxylic acids is 3. The van der Waals surface area contributed by atoms with E-state index in [9.17, 15) is 34.8 Å². The van der Waals surface area contributed by atoms with Gasteiger partial charge >= 0.3 is 0 Å². The second-order valence-corrected chi connectivity index (χ2v) is 15.0. The van der Waals surface area contributed by atoms with Crippen LogP contribution in [0, 0.1) is 38.1 Å². The van der Waals surface area contributed by atoms with Crippen molar-refractivity contribution in [3.8, 4) is 16.9 Å². The number of Topliss-reactive ketones (excluding diaryl/α,β-unsaturated/α-hetero) is 2. The van der Waals surface area contributed by atoms with Crippen molar-refractivity contribution in [3.63, 3.8) is 0 Å². The summed E-state index contributed by atoms with van der Waals surface area (Å²) in [5.74, 6) is -6.63. The van der Waals surface area contributed by atoms with E-state index in [1.807, 2.05) is 73.7 Å². The molecule has 2 unspecified atom stereocenters. The van der Waals surface area contributed by atoms with Gasteiger partial charge in [-0.1, -0.05) is 65.8 Å². The van der Waals surface area contributed by atoms with E-state index in [0.29, 0.717) is 15.1 Å². The lowest BCUT2D eigenvalue weighted by Crippen LogP contribution is -2.79. The molecule has 0 bridgehead atoms. The van der Waals surface area contributed by atoms with E-state index in [1.54, 1.807) is 6.92 Å². The van der Waals surface area contributed by atoms with E-state index in [0.717, 1.165) is 11.1 Å². The lowest BCUT2D eigenvalue weighted by atomic mass is 9.39. The molecule has 0 aromatic heterocycles. The number of ketones is 2. The number of amides is 1. The van der Waals surface area contributed by atoms with Crippen LogP contribution in [0.5, 0.6) is 5.75 Å². The number of nitrogens with two attached hydrogens (primary N) is 1. The fourth-order valence-electron chi connectivity index (χ4n) is 8.87. The number of hydrogen-bond donors (Lipinski definition) is 5. The molecule has 0 spiro atoms. The van der Waals surface area contributed by atoms with Crippen LogP contribution in [0.15, 0.2) is 30.3 Å². The molecule has 2 aromatic rings. The molecule has 5 rings (SSSR count). The summed E-state index contributed by atoms with van der Waals surface area (Å²) >= 11 is 1.98. The number of aromatic hydroxyl groups is 1. The number of aliphatic hydroxyl groups is 3. The number of fused-ring (bicyclic) bond motifs is 3. The summed E-state index contributed by atoms with van der Waals surface area (Å²) in [6, 6.07) is 9.95. The van der Waals surface area contributed by atoms with E-state index in [1.165, 1.54) is 5.56 Å². The fourth-order valence-corrected chi connectivity index (χ4v) is 9.45. The average Bonchev–Trinajstić information content (AvgIpc) is 2.88. The van der Waals surface area contributed by atoms with Crippen molar-refractivity contribution in [1.82, 2.24) is 0 Å². The van der Waals surface area contributed by atoms with Gasteiger partial charge in [-0.25, -0.2) is 0 Å². The minimum absolute atomic E-state index is 0.0775. The predicted octanol–water partition coefficient (Wildman–Crippen LogP) is 3.97. The Morgan fingerprint density at radius 3 is 2.19 bits per heavy atom. The highest BCUT2D eigenvalue weighted by Gasteiger charge is 2.76. The topological polar surface area (TPSA) is 158 Å². The number of phenolic OH excluding ortho intramolecular Hbond substituents is 1. The highest BCUT2D eigenvalue weighted by atomic mass is 127. The molecule has 2 aromatic carbocycles. The second-order valence-electron chi connectivity index (χ2n) is 13.9. The van der Waals surface area contributed by atoms with Crippen molar-refractivity contribution in [2.24, 2.45) is 40.2 Å². The number of aliphatic hydroxyl groups excluding tert-OH is 2. The van der Waals surface area contributed by atoms with Crippen molar-refractivity contribution >= 4 is 40.1 Å². The Morgan fingerprint density at radius 2 is 1.67 bits per heavy atom. The molecule has 3 aliphatic rings. The van der Waals surface area contributed by atoms with Gasteiger partial charge in [-0.05, 0) is 86.9 Å². The zero-order valence-corrected chi connectivity index (χ0v) is 27.0. The van der Waals surface area contributed by atoms with Crippen molar-refractivity contribution in [1.29, 1.82) is 0 Å². The van der Waals surface area contributed by atoms with Gasteiger partial charge in [0.25, 0.3) is 0 Å². The molecule has 0 saturated heterocycles. The number of halogens is 1. The summed E-state index contributed by atoms with van der Waals surface area (Å²) in [5, 5.41) is 46.7. The smallest absolute Gasteiger partial charge is 0.230 e. The second kappa shape index (κ2) is 10.1. The standard InChI is InChI=1S/C33H40INO7/c1-14(2)16-7-9-17(10-8-16)18-11-20(34)25(36)21-19(18)12-31(5)13-32(6)23(15(3)4)27(38)22(30(35)41)28(39)33(32,42)29(40)24(31)26(21)37/h7-11,14-15,22-24,27,29,36,38,40,42H,12-13H2,1-6H3,(H2,35,41)/t22-,23+,24-,27?,29?,31-,32-,33+/m1/s1. The van der Waals surface area contributed by atoms with Crippen LogP contribution in [0.1, 0.15) is 75.4 Å². The Labute approximate surface area is 259 Å². The van der Waals surface area contributed by atoms with E-state index >= 15 is 0 Å². The molecule has 8 nitrogen and oxygen atoms in total. The summed E-state index contributed by atoms with van der Waals surface area (Å²) in [5.41, 5.74) is 4.25. The van der Waals surface area contributed by atoms with Crippen LogP contribution >= 0.6 is 22.6 Å². The molecule has 0 aliphatic heterocycles. The van der Waals surface area contributed by atoms with Gasteiger partial charge in [0.2, 0.25) is 5.91 Å². The maximum atomic E-state index is 14.4. The minimum Gasteiger partial charge on any atom is -0.506 e. The maximum absolute atomic E-state index is 14.4. The molecule has 2 fully saturated rings. The Balaban J connectivity index is 1.73. The summed E-state index contributed by atoms with van der Waals surface area (Å²) in [4.78, 5) is 40.7. The van der Waals surface area contributed by atoms with Crippen LogP contribution in [0.3, 0.4) is 0 Å². The predicted molar refractivity (Wildman–Crippen MR) is 166 cm³/mol. The Hall–Kier alpha value is -2.34. The number of primary amides is 1. The summed E-state index contributed by atoms with van der Waals surface area (Å²) < 4.78 is 0.464. The first kappa shape index (κ1) is 31.1. The van der Waals surface area contributed by atoms with Gasteiger partial charge in [0.15, 0.2) is 17.2 Å². The van der Waals surface area contributed by atoms with Gasteiger partial charge in [0.05, 0.1) is 21.2 Å². The monoisotopic (exact) mass is 689 g/mol. The average molecular weight is 690 g/mol. The highest BCUT2D eigenvalue weighted by Crippen LogP contribution is 2.66. The molecular weight excluding hydrogens is 649 g/mol. The number of phenols is 1.